The van der Waals surface area contributed by atoms with E-state index in [-0.39, 0.29) is 23.7 Å². The Balaban J connectivity index is 1.43. The molecule has 0 spiro atoms. The molecule has 2 aromatic rings. The van der Waals surface area contributed by atoms with Gasteiger partial charge in [0.15, 0.2) is 0 Å². The van der Waals surface area contributed by atoms with Gasteiger partial charge in [-0.2, -0.15) is 0 Å². The molecule has 1 unspecified atom stereocenters. The van der Waals surface area contributed by atoms with Crippen LogP contribution in [-0.2, 0) is 11.2 Å². The van der Waals surface area contributed by atoms with Gasteiger partial charge in [0, 0.05) is 24.2 Å². The molecule has 0 bridgehead atoms. The second-order valence-corrected chi connectivity index (χ2v) is 6.84. The molecule has 142 valence electrons. The fraction of sp³-hybridized carbons (Fsp3) is 0.333. The van der Waals surface area contributed by atoms with Crippen LogP contribution in [0.15, 0.2) is 42.5 Å². The van der Waals surface area contributed by atoms with Gasteiger partial charge in [0.05, 0.1) is 6.04 Å². The summed E-state index contributed by atoms with van der Waals surface area (Å²) < 4.78 is 12.9. The largest absolute Gasteiger partial charge is 0.399 e. The molecule has 0 aliphatic heterocycles. The highest BCUT2D eigenvalue weighted by Gasteiger charge is 2.21. The number of nitrogen functional groups attached to an aromatic ring is 1. The van der Waals surface area contributed by atoms with Gasteiger partial charge in [-0.3, -0.25) is 9.59 Å². The zero-order valence-electron chi connectivity index (χ0n) is 15.1. The summed E-state index contributed by atoms with van der Waals surface area (Å²) in [6.07, 6.45) is 3.81. The van der Waals surface area contributed by atoms with E-state index in [9.17, 15) is 14.0 Å². The second kappa shape index (κ2) is 8.66. The van der Waals surface area contributed by atoms with Crippen LogP contribution in [0.2, 0.25) is 0 Å². The van der Waals surface area contributed by atoms with Crippen molar-refractivity contribution in [2.45, 2.75) is 38.1 Å². The maximum atomic E-state index is 12.9. The lowest BCUT2D eigenvalue weighted by atomic mass is 9.87. The van der Waals surface area contributed by atoms with Crippen LogP contribution in [0.25, 0.3) is 0 Å². The summed E-state index contributed by atoms with van der Waals surface area (Å²) in [6.45, 7) is 0.390. The normalized spacial score (nSPS) is 15.7. The standard InChI is InChI=1S/C21H24FN3O2/c22-16-8-6-14(7-9-16)21(27)24-12-2-5-20(26)25-19-4-1-3-15-13-17(23)10-11-18(15)19/h6-11,13,19H,1-5,12,23H2,(H,24,27)(H,25,26). The van der Waals surface area contributed by atoms with Crippen molar-refractivity contribution < 1.29 is 14.0 Å². The van der Waals surface area contributed by atoms with Gasteiger partial charge in [0.1, 0.15) is 5.82 Å². The molecule has 1 aliphatic carbocycles. The SMILES string of the molecule is Nc1ccc2c(c1)CCCC2NC(=O)CCCNC(=O)c1ccc(F)cc1. The molecule has 3 rings (SSSR count). The van der Waals surface area contributed by atoms with Crippen molar-refractivity contribution in [1.82, 2.24) is 10.6 Å². The molecule has 1 atom stereocenters. The van der Waals surface area contributed by atoms with Crippen LogP contribution in [0.4, 0.5) is 10.1 Å². The molecule has 1 aliphatic rings. The Morgan fingerprint density at radius 3 is 2.70 bits per heavy atom. The molecule has 2 aromatic carbocycles. The van der Waals surface area contributed by atoms with E-state index in [1.54, 1.807) is 0 Å². The van der Waals surface area contributed by atoms with E-state index >= 15 is 0 Å². The van der Waals surface area contributed by atoms with Gasteiger partial charge in [0.2, 0.25) is 5.91 Å². The highest BCUT2D eigenvalue weighted by molar-refractivity contribution is 5.94. The average Bonchev–Trinajstić information content (AvgIpc) is 2.65. The van der Waals surface area contributed by atoms with Crippen LogP contribution in [-0.4, -0.2) is 18.4 Å². The number of hydrogen-bond acceptors (Lipinski definition) is 3. The zero-order valence-corrected chi connectivity index (χ0v) is 15.1. The predicted molar refractivity (Wildman–Crippen MR) is 103 cm³/mol. The lowest BCUT2D eigenvalue weighted by Crippen LogP contribution is -2.32. The third kappa shape index (κ3) is 5.06. The number of hydrogen-bond donors (Lipinski definition) is 3. The van der Waals surface area contributed by atoms with Crippen molar-refractivity contribution >= 4 is 17.5 Å². The summed E-state index contributed by atoms with van der Waals surface area (Å²) in [7, 11) is 0. The first-order valence-corrected chi connectivity index (χ1v) is 9.24. The lowest BCUT2D eigenvalue weighted by Gasteiger charge is -2.26. The number of nitrogens with one attached hydrogen (secondary N) is 2. The minimum Gasteiger partial charge on any atom is -0.399 e. The number of rotatable bonds is 6. The Morgan fingerprint density at radius 2 is 1.93 bits per heavy atom. The Hall–Kier alpha value is -2.89. The van der Waals surface area contributed by atoms with Gasteiger partial charge in [-0.15, -0.1) is 0 Å². The molecular formula is C21H24FN3O2. The molecule has 5 nitrogen and oxygen atoms in total. The summed E-state index contributed by atoms with van der Waals surface area (Å²) in [6, 6.07) is 11.2. The Bertz CT molecular complexity index is 821. The van der Waals surface area contributed by atoms with Crippen LogP contribution in [0.3, 0.4) is 0 Å². The number of halogens is 1. The molecule has 0 heterocycles. The number of carbonyl (C=O) groups excluding carboxylic acids is 2. The third-order valence-corrected chi connectivity index (χ3v) is 4.79. The lowest BCUT2D eigenvalue weighted by molar-refractivity contribution is -0.122. The van der Waals surface area contributed by atoms with Gasteiger partial charge in [-0.25, -0.2) is 4.39 Å². The van der Waals surface area contributed by atoms with Crippen LogP contribution in [0.1, 0.15) is 53.2 Å². The van der Waals surface area contributed by atoms with Crippen LogP contribution in [0, 0.1) is 5.82 Å². The quantitative estimate of drug-likeness (QED) is 0.540. The van der Waals surface area contributed by atoms with E-state index in [0.29, 0.717) is 24.9 Å². The monoisotopic (exact) mass is 369 g/mol. The number of fused-ring (bicyclic) bond motifs is 1. The molecular weight excluding hydrogens is 345 g/mol. The number of amides is 2. The van der Waals surface area contributed by atoms with Gasteiger partial charge in [-0.1, -0.05) is 6.07 Å². The maximum Gasteiger partial charge on any atom is 0.251 e. The van der Waals surface area contributed by atoms with Crippen molar-refractivity contribution in [2.75, 3.05) is 12.3 Å². The van der Waals surface area contributed by atoms with Gasteiger partial charge in [0.25, 0.3) is 5.91 Å². The molecule has 0 radical (unpaired) electrons. The maximum absolute atomic E-state index is 12.9. The van der Waals surface area contributed by atoms with Crippen LogP contribution >= 0.6 is 0 Å². The average molecular weight is 369 g/mol. The predicted octanol–water partition coefficient (Wildman–Crippen LogP) is 3.11. The minimum atomic E-state index is -0.379. The molecule has 4 N–H and O–H groups in total. The van der Waals surface area contributed by atoms with E-state index < -0.39 is 0 Å². The number of anilines is 1. The third-order valence-electron chi connectivity index (χ3n) is 4.79. The number of carbonyl (C=O) groups is 2. The van der Waals surface area contributed by atoms with Crippen molar-refractivity contribution in [1.29, 1.82) is 0 Å². The van der Waals surface area contributed by atoms with Crippen molar-refractivity contribution in [3.05, 3.63) is 65.0 Å². The minimum absolute atomic E-state index is 0.0238. The van der Waals surface area contributed by atoms with E-state index in [4.69, 9.17) is 5.73 Å². The smallest absolute Gasteiger partial charge is 0.251 e. The number of aryl methyl sites for hydroxylation is 1. The van der Waals surface area contributed by atoms with Crippen molar-refractivity contribution in [3.8, 4) is 0 Å². The van der Waals surface area contributed by atoms with Crippen molar-refractivity contribution in [3.63, 3.8) is 0 Å². The summed E-state index contributed by atoms with van der Waals surface area (Å²) in [5.41, 5.74) is 9.35. The molecule has 6 heteroatoms. The van der Waals surface area contributed by atoms with E-state index in [1.165, 1.54) is 29.8 Å². The summed E-state index contributed by atoms with van der Waals surface area (Å²) in [5.74, 6) is -0.676. The first-order chi connectivity index (χ1) is 13.0. The van der Waals surface area contributed by atoms with E-state index in [2.05, 4.69) is 10.6 Å². The first-order valence-electron chi connectivity index (χ1n) is 9.24. The van der Waals surface area contributed by atoms with Crippen LogP contribution < -0.4 is 16.4 Å². The second-order valence-electron chi connectivity index (χ2n) is 6.84. The first kappa shape index (κ1) is 18.9. The Kier molecular flexibility index (Phi) is 6.06. The number of nitrogens with two attached hydrogens (primary N) is 1. The molecule has 0 fully saturated rings. The highest BCUT2D eigenvalue weighted by atomic mass is 19.1. The summed E-state index contributed by atoms with van der Waals surface area (Å²) in [5, 5.41) is 5.83. The molecule has 27 heavy (non-hydrogen) atoms. The highest BCUT2D eigenvalue weighted by Crippen LogP contribution is 2.31. The molecule has 0 saturated carbocycles. The van der Waals surface area contributed by atoms with E-state index in [0.717, 1.165) is 30.5 Å². The zero-order chi connectivity index (χ0) is 19.2. The number of benzene rings is 2. The summed E-state index contributed by atoms with van der Waals surface area (Å²) in [4.78, 5) is 24.2. The molecule has 0 saturated heterocycles. The van der Waals surface area contributed by atoms with Gasteiger partial charge in [-0.05, 0) is 73.2 Å². The Morgan fingerprint density at radius 1 is 1.15 bits per heavy atom. The van der Waals surface area contributed by atoms with E-state index in [1.807, 2.05) is 18.2 Å². The fourth-order valence-corrected chi connectivity index (χ4v) is 3.40. The fourth-order valence-electron chi connectivity index (χ4n) is 3.40. The topological polar surface area (TPSA) is 84.2 Å². The summed E-state index contributed by atoms with van der Waals surface area (Å²) >= 11 is 0. The van der Waals surface area contributed by atoms with Gasteiger partial charge >= 0.3 is 0 Å². The Labute approximate surface area is 158 Å². The molecule has 0 aromatic heterocycles. The van der Waals surface area contributed by atoms with Crippen molar-refractivity contribution in [2.24, 2.45) is 0 Å². The van der Waals surface area contributed by atoms with Crippen LogP contribution in [0.5, 0.6) is 0 Å². The molecule has 2 amide bonds. The van der Waals surface area contributed by atoms with Gasteiger partial charge < -0.3 is 16.4 Å².